The fourth-order valence-corrected chi connectivity index (χ4v) is 2.53. The van der Waals surface area contributed by atoms with E-state index in [1.807, 2.05) is 12.1 Å². The predicted octanol–water partition coefficient (Wildman–Crippen LogP) is 3.23. The number of hydrogen-bond donors (Lipinski definition) is 2. The van der Waals surface area contributed by atoms with Gasteiger partial charge in [0.25, 0.3) is 0 Å². The molecular weight excluding hydrogens is 228 g/mol. The highest BCUT2D eigenvalue weighted by molar-refractivity contribution is 7.80. The van der Waals surface area contributed by atoms with Gasteiger partial charge in [0, 0.05) is 17.3 Å². The number of anilines is 1. The quantitative estimate of drug-likeness (QED) is 0.786. The van der Waals surface area contributed by atoms with Crippen LogP contribution in [0.1, 0.15) is 37.3 Å². The van der Waals surface area contributed by atoms with Crippen LogP contribution in [0, 0.1) is 12.8 Å². The van der Waals surface area contributed by atoms with E-state index in [4.69, 9.17) is 18.0 Å². The van der Waals surface area contributed by atoms with Crippen LogP contribution >= 0.6 is 12.2 Å². The molecule has 1 aliphatic rings. The topological polar surface area (TPSA) is 38.0 Å². The van der Waals surface area contributed by atoms with Crippen molar-refractivity contribution in [2.75, 3.05) is 5.32 Å². The van der Waals surface area contributed by atoms with E-state index in [-0.39, 0.29) is 0 Å². The van der Waals surface area contributed by atoms with E-state index in [0.29, 0.717) is 11.0 Å². The fraction of sp³-hybridized carbons (Fsp3) is 0.500. The number of benzene rings is 1. The van der Waals surface area contributed by atoms with Crippen LogP contribution < -0.4 is 11.1 Å². The molecule has 1 fully saturated rings. The summed E-state index contributed by atoms with van der Waals surface area (Å²) in [5.41, 5.74) is 9.09. The summed E-state index contributed by atoms with van der Waals surface area (Å²) < 4.78 is 0. The maximum atomic E-state index is 5.76. The molecule has 92 valence electrons. The molecule has 2 atom stereocenters. The number of nitrogens with one attached hydrogen (secondary N) is 1. The first-order valence-corrected chi connectivity index (χ1v) is 6.70. The van der Waals surface area contributed by atoms with Gasteiger partial charge in [0.15, 0.2) is 0 Å². The first-order chi connectivity index (χ1) is 8.13. The van der Waals surface area contributed by atoms with Crippen LogP contribution in [0.25, 0.3) is 0 Å². The van der Waals surface area contributed by atoms with E-state index in [1.54, 1.807) is 0 Å². The Morgan fingerprint density at radius 2 is 2.29 bits per heavy atom. The maximum absolute atomic E-state index is 5.76. The third kappa shape index (κ3) is 2.78. The number of para-hydroxylation sites is 1. The monoisotopic (exact) mass is 248 g/mol. The second-order valence-electron chi connectivity index (χ2n) is 4.90. The summed E-state index contributed by atoms with van der Waals surface area (Å²) in [6, 6.07) is 6.71. The molecule has 0 spiro atoms. The fourth-order valence-electron chi connectivity index (χ4n) is 2.36. The summed E-state index contributed by atoms with van der Waals surface area (Å²) in [6.45, 7) is 4.34. The average molecular weight is 248 g/mol. The first-order valence-electron chi connectivity index (χ1n) is 6.29. The zero-order valence-electron chi connectivity index (χ0n) is 10.5. The minimum Gasteiger partial charge on any atom is -0.389 e. The van der Waals surface area contributed by atoms with Crippen molar-refractivity contribution in [1.29, 1.82) is 0 Å². The van der Waals surface area contributed by atoms with E-state index in [9.17, 15) is 0 Å². The Labute approximate surface area is 109 Å². The van der Waals surface area contributed by atoms with Crippen molar-refractivity contribution < 1.29 is 0 Å². The maximum Gasteiger partial charge on any atom is 0.106 e. The molecule has 2 rings (SSSR count). The predicted molar refractivity (Wildman–Crippen MR) is 77.5 cm³/mol. The number of hydrogen-bond acceptors (Lipinski definition) is 2. The second kappa shape index (κ2) is 5.05. The molecular formula is C14H20N2S. The zero-order chi connectivity index (χ0) is 12.4. The van der Waals surface area contributed by atoms with Gasteiger partial charge in [-0.05, 0) is 37.3 Å². The molecule has 2 unspecified atom stereocenters. The van der Waals surface area contributed by atoms with Crippen LogP contribution in [-0.2, 0) is 0 Å². The molecule has 17 heavy (non-hydrogen) atoms. The highest BCUT2D eigenvalue weighted by Crippen LogP contribution is 2.38. The Morgan fingerprint density at radius 1 is 1.53 bits per heavy atom. The smallest absolute Gasteiger partial charge is 0.106 e. The van der Waals surface area contributed by atoms with Crippen molar-refractivity contribution in [3.05, 3.63) is 29.3 Å². The molecule has 0 saturated heterocycles. The van der Waals surface area contributed by atoms with Crippen LogP contribution in [-0.4, -0.2) is 11.0 Å². The highest BCUT2D eigenvalue weighted by Gasteiger charge is 2.36. The molecule has 0 aliphatic heterocycles. The van der Waals surface area contributed by atoms with E-state index in [0.717, 1.165) is 17.2 Å². The molecule has 0 bridgehead atoms. The normalized spacial score (nSPS) is 22.2. The van der Waals surface area contributed by atoms with Gasteiger partial charge in [0.2, 0.25) is 0 Å². The molecule has 0 amide bonds. The van der Waals surface area contributed by atoms with Crippen molar-refractivity contribution in [3.63, 3.8) is 0 Å². The van der Waals surface area contributed by atoms with Crippen LogP contribution in [0.3, 0.4) is 0 Å². The lowest BCUT2D eigenvalue weighted by atomic mass is 10.1. The van der Waals surface area contributed by atoms with Crippen molar-refractivity contribution in [2.45, 2.75) is 39.2 Å². The SMILES string of the molecule is CCCC1CC1Nc1c(C)cccc1C(N)=S. The summed E-state index contributed by atoms with van der Waals surface area (Å²) in [5, 5.41) is 3.60. The van der Waals surface area contributed by atoms with Crippen molar-refractivity contribution in [1.82, 2.24) is 0 Å². The van der Waals surface area contributed by atoms with Gasteiger partial charge in [0.1, 0.15) is 4.99 Å². The van der Waals surface area contributed by atoms with Crippen molar-refractivity contribution in [2.24, 2.45) is 11.7 Å². The van der Waals surface area contributed by atoms with Gasteiger partial charge in [-0.25, -0.2) is 0 Å². The zero-order valence-corrected chi connectivity index (χ0v) is 11.3. The second-order valence-corrected chi connectivity index (χ2v) is 5.34. The third-order valence-electron chi connectivity index (χ3n) is 3.45. The number of nitrogens with two attached hydrogens (primary N) is 1. The average Bonchev–Trinajstić information content (AvgIpc) is 3.00. The van der Waals surface area contributed by atoms with E-state index in [1.165, 1.54) is 24.8 Å². The summed E-state index contributed by atoms with van der Waals surface area (Å²) in [5.74, 6) is 0.832. The summed E-state index contributed by atoms with van der Waals surface area (Å²) >= 11 is 5.10. The van der Waals surface area contributed by atoms with Gasteiger partial charge in [-0.2, -0.15) is 0 Å². The van der Waals surface area contributed by atoms with Crippen LogP contribution in [0.4, 0.5) is 5.69 Å². The van der Waals surface area contributed by atoms with Crippen LogP contribution in [0.15, 0.2) is 18.2 Å². The molecule has 0 aromatic heterocycles. The van der Waals surface area contributed by atoms with E-state index < -0.39 is 0 Å². The number of thiocarbonyl (C=S) groups is 1. The van der Waals surface area contributed by atoms with Gasteiger partial charge in [-0.3, -0.25) is 0 Å². The Kier molecular flexibility index (Phi) is 3.67. The van der Waals surface area contributed by atoms with Crippen molar-refractivity contribution in [3.8, 4) is 0 Å². The van der Waals surface area contributed by atoms with Crippen molar-refractivity contribution >= 4 is 22.9 Å². The lowest BCUT2D eigenvalue weighted by Crippen LogP contribution is -2.15. The molecule has 2 nitrogen and oxygen atoms in total. The Bertz CT molecular complexity index is 428. The Morgan fingerprint density at radius 3 is 2.94 bits per heavy atom. The van der Waals surface area contributed by atoms with E-state index >= 15 is 0 Å². The highest BCUT2D eigenvalue weighted by atomic mass is 32.1. The van der Waals surface area contributed by atoms with Crippen LogP contribution in [0.5, 0.6) is 0 Å². The number of aryl methyl sites for hydroxylation is 1. The molecule has 1 aromatic rings. The Balaban J connectivity index is 2.13. The van der Waals surface area contributed by atoms with Gasteiger partial charge < -0.3 is 11.1 Å². The minimum atomic E-state index is 0.476. The first kappa shape index (κ1) is 12.4. The minimum absolute atomic E-state index is 0.476. The van der Waals surface area contributed by atoms with E-state index in [2.05, 4.69) is 25.2 Å². The van der Waals surface area contributed by atoms with Crippen LogP contribution in [0.2, 0.25) is 0 Å². The lowest BCUT2D eigenvalue weighted by molar-refractivity contribution is 0.692. The molecule has 0 radical (unpaired) electrons. The molecule has 3 heteroatoms. The lowest BCUT2D eigenvalue weighted by Gasteiger charge is -2.14. The van der Waals surface area contributed by atoms with Gasteiger partial charge >= 0.3 is 0 Å². The largest absolute Gasteiger partial charge is 0.389 e. The standard InChI is InChI=1S/C14H20N2S/c1-3-5-10-8-12(10)16-13-9(2)6-4-7-11(13)14(15)17/h4,6-7,10,12,16H,3,5,8H2,1-2H3,(H2,15,17). The molecule has 3 N–H and O–H groups in total. The summed E-state index contributed by atoms with van der Waals surface area (Å²) in [4.78, 5) is 0.476. The third-order valence-corrected chi connectivity index (χ3v) is 3.67. The molecule has 1 aromatic carbocycles. The Hall–Kier alpha value is -1.09. The molecule has 1 saturated carbocycles. The summed E-state index contributed by atoms with van der Waals surface area (Å²) in [6.07, 6.45) is 3.85. The van der Waals surface area contributed by atoms with Gasteiger partial charge in [-0.1, -0.05) is 37.7 Å². The number of rotatable bonds is 5. The van der Waals surface area contributed by atoms with Gasteiger partial charge in [-0.15, -0.1) is 0 Å². The molecule has 0 heterocycles. The summed E-state index contributed by atoms with van der Waals surface area (Å²) in [7, 11) is 0. The van der Waals surface area contributed by atoms with Gasteiger partial charge in [0.05, 0.1) is 0 Å². The molecule has 1 aliphatic carbocycles.